The van der Waals surface area contributed by atoms with Crippen molar-refractivity contribution in [3.8, 4) is 0 Å². The molecular weight excluding hydrogens is 510 g/mol. The Hall–Kier alpha value is -2.29. The van der Waals surface area contributed by atoms with E-state index in [1.165, 1.54) is 0 Å². The number of carbonyl (C=O) groups excluding carboxylic acids is 5. The summed E-state index contributed by atoms with van der Waals surface area (Å²) >= 11 is 0. The van der Waals surface area contributed by atoms with E-state index in [-0.39, 0.29) is 47.9 Å². The molecule has 10 nitrogen and oxygen atoms in total. The smallest absolute Gasteiger partial charge is 0.342 e. The molecule has 0 aliphatic carbocycles. The number of rotatable bonds is 8. The summed E-state index contributed by atoms with van der Waals surface area (Å²) in [6.07, 6.45) is 8.49. The monoisotopic (exact) mass is 563 g/mol. The lowest BCUT2D eigenvalue weighted by molar-refractivity contribution is -0.191. The van der Waals surface area contributed by atoms with E-state index in [0.29, 0.717) is 6.54 Å². The summed E-state index contributed by atoms with van der Waals surface area (Å²) in [7, 11) is 3.88. The van der Waals surface area contributed by atoms with E-state index < -0.39 is 11.5 Å². The molecule has 0 spiro atoms. The fourth-order valence-electron chi connectivity index (χ4n) is 6.32. The Labute approximate surface area is 241 Å². The first-order valence-electron chi connectivity index (χ1n) is 15.1. The summed E-state index contributed by atoms with van der Waals surface area (Å²) in [5.41, 5.74) is -0.421. The van der Waals surface area contributed by atoms with Crippen LogP contribution >= 0.6 is 0 Å². The summed E-state index contributed by atoms with van der Waals surface area (Å²) in [4.78, 5) is 65.2. The molecule has 0 saturated carbocycles. The zero-order valence-electron chi connectivity index (χ0n) is 25.9. The molecule has 3 rings (SSSR count). The predicted molar refractivity (Wildman–Crippen MR) is 153 cm³/mol. The number of likely N-dealkylation sites (tertiary alicyclic amines) is 3. The van der Waals surface area contributed by atoms with Gasteiger partial charge in [-0.25, -0.2) is 0 Å². The summed E-state index contributed by atoms with van der Waals surface area (Å²) < 4.78 is 0. The van der Waals surface area contributed by atoms with Crippen molar-refractivity contribution in [1.29, 1.82) is 0 Å². The highest BCUT2D eigenvalue weighted by Crippen LogP contribution is 2.27. The van der Waals surface area contributed by atoms with Gasteiger partial charge in [0.15, 0.2) is 0 Å². The molecule has 228 valence electrons. The zero-order valence-corrected chi connectivity index (χ0v) is 25.9. The number of hydrogen-bond donors (Lipinski definition) is 1. The van der Waals surface area contributed by atoms with Crippen molar-refractivity contribution in [2.24, 2.45) is 11.3 Å². The highest BCUT2D eigenvalue weighted by molar-refractivity contribution is 5.90. The van der Waals surface area contributed by atoms with Crippen molar-refractivity contribution >= 4 is 23.9 Å². The molecule has 3 heterocycles. The van der Waals surface area contributed by atoms with E-state index in [1.54, 1.807) is 0 Å². The topological polar surface area (TPSA) is 110 Å². The van der Waals surface area contributed by atoms with E-state index in [1.807, 2.05) is 44.7 Å². The van der Waals surface area contributed by atoms with Crippen molar-refractivity contribution in [1.82, 2.24) is 24.9 Å². The van der Waals surface area contributed by atoms with E-state index in [9.17, 15) is 14.4 Å². The number of carbonyl (C=O) groups is 3. The van der Waals surface area contributed by atoms with Gasteiger partial charge in [0.2, 0.25) is 17.7 Å². The van der Waals surface area contributed by atoms with E-state index in [0.717, 1.165) is 77.5 Å². The van der Waals surface area contributed by atoms with Gasteiger partial charge < -0.3 is 15.1 Å². The van der Waals surface area contributed by atoms with Crippen molar-refractivity contribution < 1.29 is 24.0 Å². The summed E-state index contributed by atoms with van der Waals surface area (Å²) in [5.74, 6) is 0.402. The molecular formula is C30H53N5O5. The second kappa shape index (κ2) is 15.6. The van der Waals surface area contributed by atoms with Gasteiger partial charge in [-0.3, -0.25) is 24.2 Å². The molecule has 3 saturated heterocycles. The van der Waals surface area contributed by atoms with Gasteiger partial charge in [-0.15, -0.1) is 0 Å². The van der Waals surface area contributed by atoms with Crippen LogP contribution in [0.4, 0.5) is 0 Å². The zero-order chi connectivity index (χ0) is 30.0. The second-order valence-electron chi connectivity index (χ2n) is 13.2. The molecule has 10 heteroatoms. The Morgan fingerprint density at radius 2 is 1.43 bits per heavy atom. The Morgan fingerprint density at radius 3 is 1.95 bits per heavy atom. The lowest BCUT2D eigenvalue weighted by Crippen LogP contribution is -2.61. The van der Waals surface area contributed by atoms with Gasteiger partial charge in [0.25, 0.3) is 0 Å². The molecule has 0 aromatic heterocycles. The van der Waals surface area contributed by atoms with Gasteiger partial charge in [-0.05, 0) is 70.0 Å². The Morgan fingerprint density at radius 1 is 0.900 bits per heavy atom. The fourth-order valence-corrected chi connectivity index (χ4v) is 6.32. The first kappa shape index (κ1) is 33.9. The summed E-state index contributed by atoms with van der Waals surface area (Å²) in [6, 6.07) is -0.914. The summed E-state index contributed by atoms with van der Waals surface area (Å²) in [6.45, 7) is 14.6. The number of piperidine rings is 2. The van der Waals surface area contributed by atoms with Gasteiger partial charge >= 0.3 is 6.15 Å². The molecule has 0 radical (unpaired) electrons. The van der Waals surface area contributed by atoms with Crippen LogP contribution in [-0.2, 0) is 24.0 Å². The van der Waals surface area contributed by atoms with Gasteiger partial charge in [0, 0.05) is 32.7 Å². The minimum Gasteiger partial charge on any atom is -0.342 e. The van der Waals surface area contributed by atoms with Gasteiger partial charge in [-0.1, -0.05) is 47.5 Å². The molecule has 0 aromatic carbocycles. The molecule has 40 heavy (non-hydrogen) atoms. The van der Waals surface area contributed by atoms with Gasteiger partial charge in [0.05, 0.1) is 12.1 Å². The average Bonchev–Trinajstić information content (AvgIpc) is 3.44. The lowest BCUT2D eigenvalue weighted by Gasteiger charge is -2.43. The van der Waals surface area contributed by atoms with Crippen LogP contribution in [0.15, 0.2) is 0 Å². The van der Waals surface area contributed by atoms with Crippen LogP contribution in [0.3, 0.4) is 0 Å². The van der Waals surface area contributed by atoms with Crippen LogP contribution in [0.25, 0.3) is 0 Å². The molecule has 0 bridgehead atoms. The molecule has 0 unspecified atom stereocenters. The molecule has 4 atom stereocenters. The quantitative estimate of drug-likeness (QED) is 0.483. The first-order valence-corrected chi connectivity index (χ1v) is 15.1. The maximum atomic E-state index is 14.0. The predicted octanol–water partition coefficient (Wildman–Crippen LogP) is 2.38. The number of likely N-dealkylation sites (N-methyl/N-ethyl adjacent to an activating group) is 2. The van der Waals surface area contributed by atoms with E-state index >= 15 is 0 Å². The lowest BCUT2D eigenvalue weighted by atomic mass is 9.84. The first-order chi connectivity index (χ1) is 18.8. The maximum Gasteiger partial charge on any atom is 0.373 e. The van der Waals surface area contributed by atoms with Crippen LogP contribution in [-0.4, -0.2) is 114 Å². The van der Waals surface area contributed by atoms with Crippen LogP contribution in [0, 0.1) is 11.3 Å². The Bertz CT molecular complexity index is 876. The van der Waals surface area contributed by atoms with E-state index in [4.69, 9.17) is 9.59 Å². The number of amides is 3. The van der Waals surface area contributed by atoms with Gasteiger partial charge in [-0.2, -0.15) is 9.59 Å². The molecule has 0 aromatic rings. The largest absolute Gasteiger partial charge is 0.373 e. The van der Waals surface area contributed by atoms with E-state index in [2.05, 4.69) is 29.0 Å². The third-order valence-electron chi connectivity index (χ3n) is 8.83. The third-order valence-corrected chi connectivity index (χ3v) is 8.83. The number of hydrogen-bond acceptors (Lipinski definition) is 7. The minimum atomic E-state index is -0.607. The second-order valence-corrected chi connectivity index (χ2v) is 13.2. The molecule has 3 fully saturated rings. The Kier molecular flexibility index (Phi) is 13.3. The van der Waals surface area contributed by atoms with Crippen molar-refractivity contribution in [2.45, 2.75) is 110 Å². The number of nitrogens with zero attached hydrogens (tertiary/aromatic N) is 4. The highest BCUT2D eigenvalue weighted by Gasteiger charge is 2.41. The third kappa shape index (κ3) is 9.11. The number of nitrogens with one attached hydrogen (secondary N) is 1. The highest BCUT2D eigenvalue weighted by atomic mass is 16.2. The molecule has 1 N–H and O–H groups in total. The standard InChI is InChI=1S/C29H53N5O3.CO2/c1-21(2)24(20-34-19-11-9-15-23(34)27(36)33-17-12-13-18-33)32(7)28(37)25(29(3,4)5)30-26(35)22-14-8-10-16-31(22)6;2-1-3/h21-25H,8-20H2,1-7H3,(H,30,35);/t22-,23+,24-,25-;/m1./s1. The molecule has 3 aliphatic rings. The van der Waals surface area contributed by atoms with Crippen molar-refractivity contribution in [3.63, 3.8) is 0 Å². The van der Waals surface area contributed by atoms with Crippen LogP contribution < -0.4 is 5.32 Å². The van der Waals surface area contributed by atoms with Gasteiger partial charge in [0.1, 0.15) is 6.04 Å². The average molecular weight is 564 g/mol. The Balaban J connectivity index is 0.00000178. The molecule has 3 aliphatic heterocycles. The van der Waals surface area contributed by atoms with Crippen molar-refractivity contribution in [2.75, 3.05) is 46.8 Å². The maximum absolute atomic E-state index is 14.0. The van der Waals surface area contributed by atoms with Crippen LogP contribution in [0.2, 0.25) is 0 Å². The normalized spacial score (nSPS) is 23.9. The van der Waals surface area contributed by atoms with Crippen molar-refractivity contribution in [3.05, 3.63) is 0 Å². The molecule has 3 amide bonds. The minimum absolute atomic E-state index is 0.0430. The SMILES string of the molecule is CC(C)[C@@H](CN1CCCC[C@H]1C(=O)N1CCCC1)N(C)C(=O)[C@@H](NC(=O)[C@H]1CCCCN1C)C(C)(C)C.O=C=O. The van der Waals surface area contributed by atoms with Crippen LogP contribution in [0.5, 0.6) is 0 Å². The fraction of sp³-hybridized carbons (Fsp3) is 0.867. The summed E-state index contributed by atoms with van der Waals surface area (Å²) in [5, 5.41) is 3.15. The van der Waals surface area contributed by atoms with Crippen LogP contribution in [0.1, 0.15) is 86.0 Å².